The Labute approximate surface area is 182 Å². The summed E-state index contributed by atoms with van der Waals surface area (Å²) in [6, 6.07) is 15.4. The van der Waals surface area contributed by atoms with Crippen LogP contribution in [0.1, 0.15) is 37.3 Å². The second kappa shape index (κ2) is 8.21. The second-order valence-corrected chi connectivity index (χ2v) is 8.33. The van der Waals surface area contributed by atoms with Gasteiger partial charge in [0.05, 0.1) is 0 Å². The number of anilines is 2. The number of fused-ring (bicyclic) bond motifs is 1. The predicted molar refractivity (Wildman–Crippen MR) is 119 cm³/mol. The molecule has 1 unspecified atom stereocenters. The Hall–Kier alpha value is -3.09. The molecule has 3 aromatic rings. The Morgan fingerprint density at radius 2 is 1.90 bits per heavy atom. The summed E-state index contributed by atoms with van der Waals surface area (Å²) in [4.78, 5) is 4.51. The summed E-state index contributed by atoms with van der Waals surface area (Å²) in [5.74, 6) is 2.54. The SMILES string of the molecule is CCn1c(C2Cc3ccccc3O2)nnc1N(C)C1CCN(c2cccc(F)c2)CC1. The zero-order valence-electron chi connectivity index (χ0n) is 18.0. The van der Waals surface area contributed by atoms with Crippen LogP contribution in [0.3, 0.4) is 0 Å². The van der Waals surface area contributed by atoms with Crippen LogP contribution < -0.4 is 14.5 Å². The molecule has 0 N–H and O–H groups in total. The van der Waals surface area contributed by atoms with E-state index in [1.54, 1.807) is 12.1 Å². The molecule has 0 saturated carbocycles. The van der Waals surface area contributed by atoms with Gasteiger partial charge < -0.3 is 14.5 Å². The van der Waals surface area contributed by atoms with Gasteiger partial charge in [0.25, 0.3) is 0 Å². The van der Waals surface area contributed by atoms with Crippen molar-refractivity contribution in [1.29, 1.82) is 0 Å². The summed E-state index contributed by atoms with van der Waals surface area (Å²) in [5, 5.41) is 9.09. The van der Waals surface area contributed by atoms with Crippen LogP contribution >= 0.6 is 0 Å². The highest BCUT2D eigenvalue weighted by Crippen LogP contribution is 2.36. The fourth-order valence-electron chi connectivity index (χ4n) is 4.78. The normalized spacial score (nSPS) is 18.7. The molecule has 162 valence electrons. The predicted octanol–water partition coefficient (Wildman–Crippen LogP) is 4.22. The van der Waals surface area contributed by atoms with Gasteiger partial charge in [-0.25, -0.2) is 4.39 Å². The van der Waals surface area contributed by atoms with Crippen LogP contribution in [0.15, 0.2) is 48.5 Å². The number of rotatable bonds is 5. The highest BCUT2D eigenvalue weighted by Gasteiger charge is 2.32. The molecule has 7 heteroatoms. The van der Waals surface area contributed by atoms with Crippen molar-refractivity contribution in [3.8, 4) is 5.75 Å². The Kier molecular flexibility index (Phi) is 5.26. The maximum atomic E-state index is 13.6. The molecule has 2 aromatic carbocycles. The number of nitrogens with zero attached hydrogens (tertiary/aromatic N) is 5. The molecule has 3 heterocycles. The summed E-state index contributed by atoms with van der Waals surface area (Å²) < 4.78 is 21.9. The van der Waals surface area contributed by atoms with Gasteiger partial charge in [0.1, 0.15) is 11.6 Å². The fraction of sp³-hybridized carbons (Fsp3) is 0.417. The van der Waals surface area contributed by atoms with Gasteiger partial charge in [0, 0.05) is 44.8 Å². The third kappa shape index (κ3) is 3.73. The number of aromatic nitrogens is 3. The van der Waals surface area contributed by atoms with Crippen LogP contribution in [-0.2, 0) is 13.0 Å². The first-order chi connectivity index (χ1) is 15.1. The van der Waals surface area contributed by atoms with E-state index in [9.17, 15) is 4.39 Å². The van der Waals surface area contributed by atoms with Gasteiger partial charge in [-0.1, -0.05) is 24.3 Å². The van der Waals surface area contributed by atoms with E-state index >= 15 is 0 Å². The first-order valence-electron chi connectivity index (χ1n) is 11.0. The van der Waals surface area contributed by atoms with Crippen molar-refractivity contribution in [2.24, 2.45) is 0 Å². The monoisotopic (exact) mass is 421 g/mol. The van der Waals surface area contributed by atoms with E-state index < -0.39 is 0 Å². The molecule has 1 saturated heterocycles. The van der Waals surface area contributed by atoms with Gasteiger partial charge in [-0.05, 0) is 49.6 Å². The number of para-hydroxylation sites is 1. The van der Waals surface area contributed by atoms with Crippen LogP contribution in [0.25, 0.3) is 0 Å². The average molecular weight is 422 g/mol. The van der Waals surface area contributed by atoms with Crippen LogP contribution in [0.2, 0.25) is 0 Å². The standard InChI is InChI=1S/C24H28FN5O/c1-3-30-23(22-15-17-7-4-5-10-21(17)31-22)26-27-24(30)28(2)19-11-13-29(14-12-19)20-9-6-8-18(25)16-20/h4-10,16,19,22H,3,11-15H2,1-2H3. The molecule has 1 aromatic heterocycles. The van der Waals surface area contributed by atoms with Crippen molar-refractivity contribution in [3.63, 3.8) is 0 Å². The molecule has 0 spiro atoms. The van der Waals surface area contributed by atoms with Gasteiger partial charge in [0.15, 0.2) is 11.9 Å². The molecule has 0 aliphatic carbocycles. The number of ether oxygens (including phenoxy) is 1. The van der Waals surface area contributed by atoms with Crippen molar-refractivity contribution in [1.82, 2.24) is 14.8 Å². The molecule has 6 nitrogen and oxygen atoms in total. The lowest BCUT2D eigenvalue weighted by Crippen LogP contribution is -2.44. The molecular weight excluding hydrogens is 393 g/mol. The molecule has 0 radical (unpaired) electrons. The summed E-state index contributed by atoms with van der Waals surface area (Å²) in [6.07, 6.45) is 2.71. The van der Waals surface area contributed by atoms with E-state index in [0.717, 1.165) is 62.1 Å². The van der Waals surface area contributed by atoms with E-state index in [2.05, 4.69) is 44.6 Å². The number of hydrogen-bond donors (Lipinski definition) is 0. The van der Waals surface area contributed by atoms with Gasteiger partial charge in [-0.15, -0.1) is 10.2 Å². The molecule has 5 rings (SSSR count). The van der Waals surface area contributed by atoms with Crippen molar-refractivity contribution in [2.75, 3.05) is 29.9 Å². The molecule has 1 atom stereocenters. The van der Waals surface area contributed by atoms with E-state index in [4.69, 9.17) is 4.74 Å². The summed E-state index contributed by atoms with van der Waals surface area (Å²) in [7, 11) is 2.10. The molecule has 1 fully saturated rings. The summed E-state index contributed by atoms with van der Waals surface area (Å²) in [6.45, 7) is 4.71. The molecular formula is C24H28FN5O. The van der Waals surface area contributed by atoms with Gasteiger partial charge in [0.2, 0.25) is 5.95 Å². The van der Waals surface area contributed by atoms with E-state index in [1.807, 2.05) is 24.3 Å². The van der Waals surface area contributed by atoms with Gasteiger partial charge >= 0.3 is 0 Å². The van der Waals surface area contributed by atoms with Crippen LogP contribution in [0, 0.1) is 5.82 Å². The molecule has 0 amide bonds. The van der Waals surface area contributed by atoms with Gasteiger partial charge in [-0.3, -0.25) is 4.57 Å². The van der Waals surface area contributed by atoms with Crippen LogP contribution in [0.4, 0.5) is 16.0 Å². The minimum absolute atomic E-state index is 0.0955. The maximum Gasteiger partial charge on any atom is 0.227 e. The average Bonchev–Trinajstić information content (AvgIpc) is 3.42. The molecule has 2 aliphatic heterocycles. The highest BCUT2D eigenvalue weighted by atomic mass is 19.1. The zero-order chi connectivity index (χ0) is 21.4. The fourth-order valence-corrected chi connectivity index (χ4v) is 4.78. The van der Waals surface area contributed by atoms with Crippen molar-refractivity contribution < 1.29 is 9.13 Å². The zero-order valence-corrected chi connectivity index (χ0v) is 18.0. The highest BCUT2D eigenvalue weighted by molar-refractivity contribution is 5.47. The lowest BCUT2D eigenvalue weighted by molar-refractivity contribution is 0.221. The number of halogens is 1. The van der Waals surface area contributed by atoms with Gasteiger partial charge in [-0.2, -0.15) is 0 Å². The number of benzene rings is 2. The Balaban J connectivity index is 1.29. The number of hydrogen-bond acceptors (Lipinski definition) is 5. The lowest BCUT2D eigenvalue weighted by atomic mass is 10.0. The van der Waals surface area contributed by atoms with E-state index in [-0.39, 0.29) is 11.9 Å². The second-order valence-electron chi connectivity index (χ2n) is 8.33. The summed E-state index contributed by atoms with van der Waals surface area (Å²) in [5.41, 5.74) is 2.18. The van der Waals surface area contributed by atoms with Crippen molar-refractivity contribution >= 4 is 11.6 Å². The molecule has 31 heavy (non-hydrogen) atoms. The quantitative estimate of drug-likeness (QED) is 0.617. The minimum Gasteiger partial charge on any atom is -0.482 e. The smallest absolute Gasteiger partial charge is 0.227 e. The van der Waals surface area contributed by atoms with Crippen LogP contribution in [-0.4, -0.2) is 40.9 Å². The van der Waals surface area contributed by atoms with E-state index in [1.165, 1.54) is 11.6 Å². The Morgan fingerprint density at radius 3 is 2.65 bits per heavy atom. The maximum absolute atomic E-state index is 13.6. The molecule has 0 bridgehead atoms. The summed E-state index contributed by atoms with van der Waals surface area (Å²) >= 11 is 0. The van der Waals surface area contributed by atoms with Crippen molar-refractivity contribution in [3.05, 3.63) is 65.7 Å². The van der Waals surface area contributed by atoms with E-state index in [0.29, 0.717) is 6.04 Å². The number of piperidine rings is 1. The lowest BCUT2D eigenvalue weighted by Gasteiger charge is -2.38. The molecule has 2 aliphatic rings. The minimum atomic E-state index is -0.184. The van der Waals surface area contributed by atoms with Crippen LogP contribution in [0.5, 0.6) is 5.75 Å². The first kappa shape index (κ1) is 19.8. The van der Waals surface area contributed by atoms with Crippen molar-refractivity contribution in [2.45, 2.75) is 44.9 Å². The third-order valence-electron chi connectivity index (χ3n) is 6.51. The first-order valence-corrected chi connectivity index (χ1v) is 11.0. The third-order valence-corrected chi connectivity index (χ3v) is 6.51. The topological polar surface area (TPSA) is 46.4 Å². The Morgan fingerprint density at radius 1 is 1.10 bits per heavy atom. The largest absolute Gasteiger partial charge is 0.482 e. The Bertz CT molecular complexity index is 1030.